The van der Waals surface area contributed by atoms with Crippen LogP contribution in [0.3, 0.4) is 0 Å². The van der Waals surface area contributed by atoms with Gasteiger partial charge >= 0.3 is 6.01 Å². The van der Waals surface area contributed by atoms with Crippen LogP contribution in [0.5, 0.6) is 11.8 Å². The first-order valence-electron chi connectivity index (χ1n) is 6.59. The van der Waals surface area contributed by atoms with E-state index in [2.05, 4.69) is 9.97 Å². The summed E-state index contributed by atoms with van der Waals surface area (Å²) in [5.74, 6) is 0.0687. The topological polar surface area (TPSA) is 61.0 Å². The fraction of sp³-hybridized carbons (Fsp3) is 0.333. The summed E-state index contributed by atoms with van der Waals surface area (Å²) in [5.41, 5.74) is 7.40. The average molecular weight is 275 g/mol. The summed E-state index contributed by atoms with van der Waals surface area (Å²) in [6.45, 7) is 3.73. The van der Waals surface area contributed by atoms with Crippen LogP contribution in [0.15, 0.2) is 30.6 Å². The van der Waals surface area contributed by atoms with Crippen molar-refractivity contribution in [2.24, 2.45) is 5.73 Å². The average Bonchev–Trinajstić information content (AvgIpc) is 2.45. The lowest BCUT2D eigenvalue weighted by atomic mass is 10.1. The molecule has 0 bridgehead atoms. The third-order valence-electron chi connectivity index (χ3n) is 3.06. The van der Waals surface area contributed by atoms with Crippen molar-refractivity contribution in [1.29, 1.82) is 0 Å². The van der Waals surface area contributed by atoms with E-state index in [9.17, 15) is 4.39 Å². The Balaban J connectivity index is 2.04. The third-order valence-corrected chi connectivity index (χ3v) is 3.06. The molecule has 0 radical (unpaired) electrons. The minimum atomic E-state index is -0.312. The Morgan fingerprint density at radius 3 is 2.60 bits per heavy atom. The van der Waals surface area contributed by atoms with E-state index >= 15 is 0 Å². The lowest BCUT2D eigenvalue weighted by Crippen LogP contribution is -2.21. The van der Waals surface area contributed by atoms with E-state index in [4.69, 9.17) is 10.5 Å². The van der Waals surface area contributed by atoms with Crippen LogP contribution in [0.2, 0.25) is 0 Å². The first-order chi connectivity index (χ1) is 9.58. The van der Waals surface area contributed by atoms with Crippen molar-refractivity contribution in [1.82, 2.24) is 9.97 Å². The summed E-state index contributed by atoms with van der Waals surface area (Å²) >= 11 is 0. The predicted molar refractivity (Wildman–Crippen MR) is 75.2 cm³/mol. The molecule has 4 nitrogen and oxygen atoms in total. The molecule has 0 saturated heterocycles. The van der Waals surface area contributed by atoms with E-state index in [1.165, 1.54) is 6.07 Å². The first kappa shape index (κ1) is 14.4. The van der Waals surface area contributed by atoms with Gasteiger partial charge in [-0.05, 0) is 37.0 Å². The van der Waals surface area contributed by atoms with Crippen LogP contribution in [0, 0.1) is 12.7 Å². The number of rotatable bonds is 5. The molecule has 1 unspecified atom stereocenters. The molecule has 0 spiro atoms. The second kappa shape index (κ2) is 6.43. The van der Waals surface area contributed by atoms with E-state index in [0.29, 0.717) is 11.3 Å². The molecule has 1 heterocycles. The molecule has 0 saturated carbocycles. The van der Waals surface area contributed by atoms with Gasteiger partial charge in [0.2, 0.25) is 0 Å². The zero-order chi connectivity index (χ0) is 14.5. The highest BCUT2D eigenvalue weighted by atomic mass is 19.1. The second-order valence-corrected chi connectivity index (χ2v) is 4.76. The van der Waals surface area contributed by atoms with Crippen molar-refractivity contribution in [2.45, 2.75) is 32.7 Å². The zero-order valence-electron chi connectivity index (χ0n) is 11.6. The van der Waals surface area contributed by atoms with E-state index in [-0.39, 0.29) is 17.9 Å². The minimum absolute atomic E-state index is 0.108. The van der Waals surface area contributed by atoms with Crippen LogP contribution < -0.4 is 10.5 Å². The van der Waals surface area contributed by atoms with E-state index in [1.54, 1.807) is 31.5 Å². The van der Waals surface area contributed by atoms with E-state index in [0.717, 1.165) is 18.4 Å². The van der Waals surface area contributed by atoms with Gasteiger partial charge in [0.05, 0.1) is 0 Å². The zero-order valence-corrected chi connectivity index (χ0v) is 11.6. The van der Waals surface area contributed by atoms with Gasteiger partial charge in [-0.3, -0.25) is 0 Å². The summed E-state index contributed by atoms with van der Waals surface area (Å²) in [5, 5.41) is 0. The van der Waals surface area contributed by atoms with Gasteiger partial charge in [-0.25, -0.2) is 14.4 Å². The molecule has 0 aliphatic carbocycles. The fourth-order valence-corrected chi connectivity index (χ4v) is 1.69. The second-order valence-electron chi connectivity index (χ2n) is 4.76. The van der Waals surface area contributed by atoms with Crippen molar-refractivity contribution in [2.75, 3.05) is 0 Å². The van der Waals surface area contributed by atoms with Crippen molar-refractivity contribution in [3.05, 3.63) is 47.5 Å². The predicted octanol–water partition coefficient (Wildman–Crippen LogP) is 3.00. The van der Waals surface area contributed by atoms with E-state index < -0.39 is 0 Å². The monoisotopic (exact) mass is 275 g/mol. The van der Waals surface area contributed by atoms with Gasteiger partial charge in [0.1, 0.15) is 11.6 Å². The highest BCUT2D eigenvalue weighted by Gasteiger charge is 2.06. The maximum atomic E-state index is 13.4. The number of aryl methyl sites for hydroxylation is 1. The molecule has 0 fully saturated rings. The maximum Gasteiger partial charge on any atom is 0.321 e. The summed E-state index contributed by atoms with van der Waals surface area (Å²) in [7, 11) is 0. The number of hydrogen-bond acceptors (Lipinski definition) is 4. The summed E-state index contributed by atoms with van der Waals surface area (Å²) < 4.78 is 18.8. The van der Waals surface area contributed by atoms with Crippen LogP contribution in [0.1, 0.15) is 24.5 Å². The maximum absolute atomic E-state index is 13.4. The summed E-state index contributed by atoms with van der Waals surface area (Å²) in [6, 6.07) is 4.96. The SMILES string of the molecule is CCC(N)Cc1cnc(Oc2ccc(C)c(F)c2)nc1. The van der Waals surface area contributed by atoms with Crippen molar-refractivity contribution in [3.8, 4) is 11.8 Å². The quantitative estimate of drug-likeness (QED) is 0.911. The standard InChI is InChI=1S/C15H18FN3O/c1-3-12(17)6-11-8-18-15(19-9-11)20-13-5-4-10(2)14(16)7-13/h4-5,7-9,12H,3,6,17H2,1-2H3. The van der Waals surface area contributed by atoms with Gasteiger partial charge in [0.15, 0.2) is 0 Å². The first-order valence-corrected chi connectivity index (χ1v) is 6.59. The largest absolute Gasteiger partial charge is 0.424 e. The van der Waals surface area contributed by atoms with Crippen molar-refractivity contribution in [3.63, 3.8) is 0 Å². The van der Waals surface area contributed by atoms with Crippen molar-refractivity contribution >= 4 is 0 Å². The summed E-state index contributed by atoms with van der Waals surface area (Å²) in [6.07, 6.45) is 5.00. The molecule has 0 amide bonds. The molecule has 1 atom stereocenters. The van der Waals surface area contributed by atoms with Crippen molar-refractivity contribution < 1.29 is 9.13 Å². The van der Waals surface area contributed by atoms with Crippen LogP contribution in [-0.2, 0) is 6.42 Å². The van der Waals surface area contributed by atoms with Gasteiger partial charge in [-0.2, -0.15) is 0 Å². The number of aromatic nitrogens is 2. The Morgan fingerprint density at radius 2 is 2.00 bits per heavy atom. The van der Waals surface area contributed by atoms with Gasteiger partial charge in [-0.1, -0.05) is 13.0 Å². The smallest absolute Gasteiger partial charge is 0.321 e. The number of hydrogen-bond donors (Lipinski definition) is 1. The molecule has 1 aromatic heterocycles. The molecule has 0 aliphatic heterocycles. The molecule has 20 heavy (non-hydrogen) atoms. The van der Waals surface area contributed by atoms with Gasteiger partial charge < -0.3 is 10.5 Å². The molecule has 1 aromatic carbocycles. The van der Waals surface area contributed by atoms with Gasteiger partial charge in [0, 0.05) is 24.5 Å². The van der Waals surface area contributed by atoms with Crippen LogP contribution in [0.25, 0.3) is 0 Å². The normalized spacial score (nSPS) is 12.2. The Labute approximate surface area is 117 Å². The molecule has 0 aliphatic rings. The Bertz CT molecular complexity index is 572. The Hall–Kier alpha value is -2.01. The molecule has 2 rings (SSSR count). The molecule has 5 heteroatoms. The highest BCUT2D eigenvalue weighted by molar-refractivity contribution is 5.29. The van der Waals surface area contributed by atoms with Crippen LogP contribution in [-0.4, -0.2) is 16.0 Å². The number of halogens is 1. The summed E-state index contributed by atoms with van der Waals surface area (Å²) in [4.78, 5) is 8.20. The minimum Gasteiger partial charge on any atom is -0.424 e. The Morgan fingerprint density at radius 1 is 1.30 bits per heavy atom. The molecule has 2 aromatic rings. The molecular formula is C15H18FN3O. The van der Waals surface area contributed by atoms with Gasteiger partial charge in [0.25, 0.3) is 0 Å². The fourth-order valence-electron chi connectivity index (χ4n) is 1.69. The third kappa shape index (κ3) is 3.74. The molecular weight excluding hydrogens is 257 g/mol. The van der Waals surface area contributed by atoms with Crippen LogP contribution in [0.4, 0.5) is 4.39 Å². The number of ether oxygens (including phenoxy) is 1. The lowest BCUT2D eigenvalue weighted by molar-refractivity contribution is 0.436. The van der Waals surface area contributed by atoms with Crippen LogP contribution >= 0.6 is 0 Å². The Kier molecular flexibility index (Phi) is 4.63. The number of nitrogens with two attached hydrogens (primary N) is 1. The number of benzene rings is 1. The van der Waals surface area contributed by atoms with E-state index in [1.807, 2.05) is 6.92 Å². The highest BCUT2D eigenvalue weighted by Crippen LogP contribution is 2.20. The number of nitrogens with zero attached hydrogens (tertiary/aromatic N) is 2. The lowest BCUT2D eigenvalue weighted by Gasteiger charge is -2.08. The molecule has 2 N–H and O–H groups in total. The molecule has 106 valence electrons. The van der Waals surface area contributed by atoms with Gasteiger partial charge in [-0.15, -0.1) is 0 Å².